The molecule has 1 aromatic heterocycles. The molecule has 2 aromatic rings. The van der Waals surface area contributed by atoms with Crippen molar-refractivity contribution in [2.24, 2.45) is 0 Å². The number of hydrogen-bond acceptors (Lipinski definition) is 3. The molecule has 0 aliphatic rings. The van der Waals surface area contributed by atoms with E-state index in [4.69, 9.17) is 11.6 Å². The molecule has 1 N–H and O–H groups in total. The maximum absolute atomic E-state index is 13.6. The van der Waals surface area contributed by atoms with Crippen molar-refractivity contribution >= 4 is 34.7 Å². The van der Waals surface area contributed by atoms with Crippen LogP contribution in [0, 0.1) is 5.82 Å². The van der Waals surface area contributed by atoms with E-state index in [1.807, 2.05) is 24.3 Å². The second-order valence-electron chi connectivity index (χ2n) is 4.39. The van der Waals surface area contributed by atoms with Crippen molar-refractivity contribution < 1.29 is 4.39 Å². The molecule has 108 valence electrons. The third-order valence-corrected chi connectivity index (χ3v) is 5.31. The van der Waals surface area contributed by atoms with E-state index in [1.54, 1.807) is 17.4 Å². The van der Waals surface area contributed by atoms with Crippen molar-refractivity contribution in [2.45, 2.75) is 24.3 Å². The molecule has 20 heavy (non-hydrogen) atoms. The van der Waals surface area contributed by atoms with Gasteiger partial charge in [-0.1, -0.05) is 30.7 Å². The van der Waals surface area contributed by atoms with E-state index in [-0.39, 0.29) is 11.9 Å². The molecule has 1 aromatic carbocycles. The van der Waals surface area contributed by atoms with E-state index in [0.29, 0.717) is 4.90 Å². The van der Waals surface area contributed by atoms with Crippen LogP contribution >= 0.6 is 34.7 Å². The molecule has 0 saturated heterocycles. The fraction of sp³-hybridized carbons (Fsp3) is 0.333. The van der Waals surface area contributed by atoms with Gasteiger partial charge in [0.15, 0.2) is 0 Å². The lowest BCUT2D eigenvalue weighted by atomic mass is 10.2. The van der Waals surface area contributed by atoms with Gasteiger partial charge in [0.1, 0.15) is 5.82 Å². The van der Waals surface area contributed by atoms with Crippen LogP contribution in [0.15, 0.2) is 41.3 Å². The standard InChI is InChI=1S/C15H17ClFNS2/c1-2-9-18-12(14-7-8-15(16)20-14)10-19-13-6-4-3-5-11(13)17/h3-8,12,18H,2,9-10H2,1H3. The molecule has 0 fully saturated rings. The highest BCUT2D eigenvalue weighted by Gasteiger charge is 2.14. The van der Waals surface area contributed by atoms with E-state index in [1.165, 1.54) is 22.7 Å². The maximum Gasteiger partial charge on any atom is 0.136 e. The van der Waals surface area contributed by atoms with Crippen LogP contribution < -0.4 is 5.32 Å². The number of halogens is 2. The summed E-state index contributed by atoms with van der Waals surface area (Å²) in [6.07, 6.45) is 1.07. The maximum atomic E-state index is 13.6. The SMILES string of the molecule is CCCNC(CSc1ccccc1F)c1ccc(Cl)s1. The van der Waals surface area contributed by atoms with Gasteiger partial charge in [-0.15, -0.1) is 23.1 Å². The number of nitrogens with one attached hydrogen (secondary N) is 1. The van der Waals surface area contributed by atoms with Crippen LogP contribution in [-0.2, 0) is 0 Å². The first-order valence-corrected chi connectivity index (χ1v) is 8.74. The summed E-state index contributed by atoms with van der Waals surface area (Å²) in [6, 6.07) is 11.1. The molecular formula is C15H17ClFNS2. The predicted molar refractivity (Wildman–Crippen MR) is 87.5 cm³/mol. The predicted octanol–water partition coefficient (Wildman–Crippen LogP) is 5.37. The summed E-state index contributed by atoms with van der Waals surface area (Å²) < 4.78 is 14.4. The van der Waals surface area contributed by atoms with Crippen LogP contribution in [0.25, 0.3) is 0 Å². The molecule has 0 aliphatic carbocycles. The number of thioether (sulfide) groups is 1. The summed E-state index contributed by atoms with van der Waals surface area (Å²) in [5.41, 5.74) is 0. The summed E-state index contributed by atoms with van der Waals surface area (Å²) in [5.74, 6) is 0.633. The zero-order valence-electron chi connectivity index (χ0n) is 11.2. The average Bonchev–Trinajstić information content (AvgIpc) is 2.87. The summed E-state index contributed by atoms with van der Waals surface area (Å²) >= 11 is 9.12. The van der Waals surface area contributed by atoms with Gasteiger partial charge in [0, 0.05) is 15.5 Å². The summed E-state index contributed by atoms with van der Waals surface area (Å²) in [7, 11) is 0. The molecule has 0 radical (unpaired) electrons. The minimum atomic E-state index is -0.157. The molecule has 0 bridgehead atoms. The smallest absolute Gasteiger partial charge is 0.136 e. The molecule has 1 unspecified atom stereocenters. The lowest BCUT2D eigenvalue weighted by Crippen LogP contribution is -2.23. The van der Waals surface area contributed by atoms with Crippen LogP contribution in [0.1, 0.15) is 24.3 Å². The van der Waals surface area contributed by atoms with Gasteiger partial charge in [0.25, 0.3) is 0 Å². The molecule has 2 rings (SSSR count). The highest BCUT2D eigenvalue weighted by Crippen LogP contribution is 2.31. The van der Waals surface area contributed by atoms with Crippen molar-refractivity contribution in [1.82, 2.24) is 5.32 Å². The number of hydrogen-bond donors (Lipinski definition) is 1. The van der Waals surface area contributed by atoms with Crippen molar-refractivity contribution in [2.75, 3.05) is 12.3 Å². The van der Waals surface area contributed by atoms with Crippen LogP contribution in [-0.4, -0.2) is 12.3 Å². The normalized spacial score (nSPS) is 12.6. The molecule has 1 atom stereocenters. The zero-order chi connectivity index (χ0) is 14.4. The van der Waals surface area contributed by atoms with Gasteiger partial charge in [-0.05, 0) is 37.2 Å². The molecule has 0 saturated carbocycles. The number of benzene rings is 1. The number of thiophene rings is 1. The Morgan fingerprint density at radius 2 is 2.10 bits per heavy atom. The van der Waals surface area contributed by atoms with Gasteiger partial charge in [-0.25, -0.2) is 4.39 Å². The van der Waals surface area contributed by atoms with Crippen molar-refractivity contribution in [1.29, 1.82) is 0 Å². The highest BCUT2D eigenvalue weighted by atomic mass is 35.5. The quantitative estimate of drug-likeness (QED) is 0.685. The Balaban J connectivity index is 2.03. The van der Waals surface area contributed by atoms with Gasteiger partial charge in [0.05, 0.1) is 10.4 Å². The largest absolute Gasteiger partial charge is 0.309 e. The third kappa shape index (κ3) is 4.48. The van der Waals surface area contributed by atoms with Crippen molar-refractivity contribution in [3.05, 3.63) is 51.4 Å². The van der Waals surface area contributed by atoms with Crippen LogP contribution in [0.5, 0.6) is 0 Å². The second-order valence-corrected chi connectivity index (χ2v) is 7.20. The molecule has 0 spiro atoms. The molecule has 1 nitrogen and oxygen atoms in total. The summed E-state index contributed by atoms with van der Waals surface area (Å²) in [4.78, 5) is 1.89. The van der Waals surface area contributed by atoms with E-state index in [0.717, 1.165) is 23.1 Å². The fourth-order valence-corrected chi connectivity index (χ4v) is 4.08. The first kappa shape index (κ1) is 15.8. The Hall–Kier alpha value is -0.550. The summed E-state index contributed by atoms with van der Waals surface area (Å²) in [6.45, 7) is 3.08. The number of rotatable bonds is 7. The minimum Gasteiger partial charge on any atom is -0.309 e. The van der Waals surface area contributed by atoms with E-state index >= 15 is 0 Å². The van der Waals surface area contributed by atoms with E-state index < -0.39 is 0 Å². The van der Waals surface area contributed by atoms with Crippen molar-refractivity contribution in [3.8, 4) is 0 Å². The fourth-order valence-electron chi connectivity index (χ4n) is 1.81. The van der Waals surface area contributed by atoms with Crippen LogP contribution in [0.4, 0.5) is 4.39 Å². The Kier molecular flexibility index (Phi) is 6.36. The lowest BCUT2D eigenvalue weighted by Gasteiger charge is -2.17. The average molecular weight is 330 g/mol. The van der Waals surface area contributed by atoms with Gasteiger partial charge in [-0.3, -0.25) is 0 Å². The second kappa shape index (κ2) is 8.03. The lowest BCUT2D eigenvalue weighted by molar-refractivity contribution is 0.582. The van der Waals surface area contributed by atoms with Crippen molar-refractivity contribution in [3.63, 3.8) is 0 Å². The highest BCUT2D eigenvalue weighted by molar-refractivity contribution is 7.99. The molecule has 1 heterocycles. The molecule has 0 amide bonds. The van der Waals surface area contributed by atoms with E-state index in [2.05, 4.69) is 12.2 Å². The van der Waals surface area contributed by atoms with E-state index in [9.17, 15) is 4.39 Å². The van der Waals surface area contributed by atoms with Crippen LogP contribution in [0.2, 0.25) is 4.34 Å². The zero-order valence-corrected chi connectivity index (χ0v) is 13.6. The first-order valence-electron chi connectivity index (χ1n) is 6.56. The van der Waals surface area contributed by atoms with Gasteiger partial charge in [0.2, 0.25) is 0 Å². The first-order chi connectivity index (χ1) is 9.70. The van der Waals surface area contributed by atoms with Gasteiger partial charge in [-0.2, -0.15) is 0 Å². The van der Waals surface area contributed by atoms with Gasteiger partial charge >= 0.3 is 0 Å². The summed E-state index contributed by atoms with van der Waals surface area (Å²) in [5, 5.41) is 3.50. The minimum absolute atomic E-state index is 0.157. The van der Waals surface area contributed by atoms with Crippen LogP contribution in [0.3, 0.4) is 0 Å². The molecule has 5 heteroatoms. The Labute approximate surface area is 132 Å². The Morgan fingerprint density at radius 1 is 1.30 bits per heavy atom. The Morgan fingerprint density at radius 3 is 2.75 bits per heavy atom. The Bertz CT molecular complexity index is 544. The van der Waals surface area contributed by atoms with Gasteiger partial charge < -0.3 is 5.32 Å². The molecule has 0 aliphatic heterocycles. The third-order valence-electron chi connectivity index (χ3n) is 2.82. The monoisotopic (exact) mass is 329 g/mol. The molecular weight excluding hydrogens is 313 g/mol. The topological polar surface area (TPSA) is 12.0 Å².